The van der Waals surface area contributed by atoms with Crippen molar-refractivity contribution in [2.24, 2.45) is 0 Å². The van der Waals surface area contributed by atoms with Gasteiger partial charge in [-0.3, -0.25) is 0 Å². The van der Waals surface area contributed by atoms with Gasteiger partial charge in [0, 0.05) is 11.3 Å². The summed E-state index contributed by atoms with van der Waals surface area (Å²) in [4.78, 5) is 1.34. The SMILES string of the molecule is C=C(CCCSc1ccc(C)cc1)O[Si](C)(C)C. The van der Waals surface area contributed by atoms with Gasteiger partial charge in [0.1, 0.15) is 0 Å². The van der Waals surface area contributed by atoms with E-state index in [9.17, 15) is 0 Å². The summed E-state index contributed by atoms with van der Waals surface area (Å²) in [6.07, 6.45) is 2.10. The molecule has 0 aliphatic rings. The van der Waals surface area contributed by atoms with Crippen LogP contribution >= 0.6 is 11.8 Å². The summed E-state index contributed by atoms with van der Waals surface area (Å²) in [6, 6.07) is 8.70. The zero-order chi connectivity index (χ0) is 13.6. The van der Waals surface area contributed by atoms with Gasteiger partial charge in [0.25, 0.3) is 0 Å². The third kappa shape index (κ3) is 6.92. The van der Waals surface area contributed by atoms with Gasteiger partial charge in [-0.1, -0.05) is 24.3 Å². The van der Waals surface area contributed by atoms with Crippen LogP contribution in [0.1, 0.15) is 18.4 Å². The first-order chi connectivity index (χ1) is 8.37. The second-order valence-electron chi connectivity index (χ2n) is 5.52. The smallest absolute Gasteiger partial charge is 0.241 e. The monoisotopic (exact) mass is 280 g/mol. The van der Waals surface area contributed by atoms with Crippen molar-refractivity contribution < 1.29 is 4.43 Å². The largest absolute Gasteiger partial charge is 0.548 e. The van der Waals surface area contributed by atoms with Crippen LogP contribution in [0.2, 0.25) is 19.6 Å². The first-order valence-electron chi connectivity index (χ1n) is 6.43. The van der Waals surface area contributed by atoms with E-state index < -0.39 is 8.32 Å². The van der Waals surface area contributed by atoms with Gasteiger partial charge in [-0.25, -0.2) is 0 Å². The maximum atomic E-state index is 5.84. The van der Waals surface area contributed by atoms with Crippen LogP contribution in [-0.4, -0.2) is 14.1 Å². The van der Waals surface area contributed by atoms with Crippen LogP contribution in [0.25, 0.3) is 0 Å². The molecule has 0 aliphatic heterocycles. The summed E-state index contributed by atoms with van der Waals surface area (Å²) < 4.78 is 5.84. The number of allylic oxidation sites excluding steroid dienone is 1. The summed E-state index contributed by atoms with van der Waals surface area (Å²) in [6.45, 7) is 12.7. The lowest BCUT2D eigenvalue weighted by Gasteiger charge is -2.20. The number of hydrogen-bond donors (Lipinski definition) is 0. The highest BCUT2D eigenvalue weighted by Gasteiger charge is 2.16. The van der Waals surface area contributed by atoms with Crippen molar-refractivity contribution in [1.29, 1.82) is 0 Å². The van der Waals surface area contributed by atoms with Crippen molar-refractivity contribution in [2.75, 3.05) is 5.75 Å². The fourth-order valence-electron chi connectivity index (χ4n) is 1.58. The molecule has 0 saturated carbocycles. The van der Waals surface area contributed by atoms with Crippen molar-refractivity contribution in [3.05, 3.63) is 42.2 Å². The highest BCUT2D eigenvalue weighted by Crippen LogP contribution is 2.21. The summed E-state index contributed by atoms with van der Waals surface area (Å²) in [5.41, 5.74) is 1.32. The Balaban J connectivity index is 2.19. The molecule has 0 amide bonds. The number of rotatable bonds is 7. The fourth-order valence-corrected chi connectivity index (χ4v) is 3.40. The first-order valence-corrected chi connectivity index (χ1v) is 10.8. The predicted molar refractivity (Wildman–Crippen MR) is 84.7 cm³/mol. The normalized spacial score (nSPS) is 11.3. The van der Waals surface area contributed by atoms with Gasteiger partial charge in [0.15, 0.2) is 0 Å². The van der Waals surface area contributed by atoms with Crippen LogP contribution in [0.4, 0.5) is 0 Å². The zero-order valence-electron chi connectivity index (χ0n) is 12.0. The van der Waals surface area contributed by atoms with Gasteiger partial charge >= 0.3 is 0 Å². The Hall–Kier alpha value is -0.673. The summed E-state index contributed by atoms with van der Waals surface area (Å²) in [7, 11) is -1.46. The Labute approximate surface area is 117 Å². The number of hydrogen-bond acceptors (Lipinski definition) is 2. The standard InChI is InChI=1S/C15H24OSSi/c1-13-8-10-15(11-9-13)17-12-6-7-14(2)16-18(3,4)5/h8-11H,2,6-7,12H2,1,3-5H3. The van der Waals surface area contributed by atoms with Crippen molar-refractivity contribution in [3.63, 3.8) is 0 Å². The van der Waals surface area contributed by atoms with Crippen molar-refractivity contribution in [1.82, 2.24) is 0 Å². The lowest BCUT2D eigenvalue weighted by molar-refractivity contribution is 0.401. The maximum Gasteiger partial charge on any atom is 0.241 e. The van der Waals surface area contributed by atoms with E-state index in [-0.39, 0.29) is 0 Å². The highest BCUT2D eigenvalue weighted by atomic mass is 32.2. The molecule has 1 aromatic carbocycles. The molecule has 0 atom stereocenters. The van der Waals surface area contributed by atoms with Gasteiger partial charge in [0.05, 0.1) is 5.76 Å². The zero-order valence-corrected chi connectivity index (χ0v) is 13.8. The average Bonchev–Trinajstić information content (AvgIpc) is 2.24. The van der Waals surface area contributed by atoms with Crippen molar-refractivity contribution in [2.45, 2.75) is 44.3 Å². The van der Waals surface area contributed by atoms with Crippen LogP contribution in [0, 0.1) is 6.92 Å². The van der Waals surface area contributed by atoms with Gasteiger partial charge in [-0.15, -0.1) is 11.8 Å². The summed E-state index contributed by atoms with van der Waals surface area (Å²) in [5.74, 6) is 2.08. The number of benzene rings is 1. The third-order valence-electron chi connectivity index (χ3n) is 2.34. The summed E-state index contributed by atoms with van der Waals surface area (Å²) in [5, 5.41) is 0. The molecule has 0 saturated heterocycles. The van der Waals surface area contributed by atoms with E-state index in [0.29, 0.717) is 0 Å². The predicted octanol–water partition coefficient (Wildman–Crippen LogP) is 5.23. The minimum absolute atomic E-state index is 0.957. The minimum atomic E-state index is -1.46. The van der Waals surface area contributed by atoms with E-state index >= 15 is 0 Å². The summed E-state index contributed by atoms with van der Waals surface area (Å²) >= 11 is 1.90. The Morgan fingerprint density at radius 1 is 1.22 bits per heavy atom. The third-order valence-corrected chi connectivity index (χ3v) is 4.34. The Kier molecular flexibility index (Phi) is 6.02. The van der Waals surface area contributed by atoms with Gasteiger partial charge < -0.3 is 4.43 Å². The quantitative estimate of drug-likeness (QED) is 0.293. The maximum absolute atomic E-state index is 5.84. The Bertz CT molecular complexity index is 378. The van der Waals surface area contributed by atoms with E-state index in [1.807, 2.05) is 11.8 Å². The van der Waals surface area contributed by atoms with Crippen LogP contribution < -0.4 is 0 Å². The van der Waals surface area contributed by atoms with E-state index in [4.69, 9.17) is 4.43 Å². The molecule has 0 fully saturated rings. The molecule has 3 heteroatoms. The Morgan fingerprint density at radius 3 is 2.39 bits per heavy atom. The minimum Gasteiger partial charge on any atom is -0.548 e. The first kappa shape index (κ1) is 15.4. The lowest BCUT2D eigenvalue weighted by Crippen LogP contribution is -2.24. The van der Waals surface area contributed by atoms with Crippen LogP contribution in [0.15, 0.2) is 41.5 Å². The molecule has 0 radical (unpaired) electrons. The fraction of sp³-hybridized carbons (Fsp3) is 0.467. The highest BCUT2D eigenvalue weighted by molar-refractivity contribution is 7.99. The van der Waals surface area contributed by atoms with Gasteiger partial charge in [0.2, 0.25) is 8.32 Å². The van der Waals surface area contributed by atoms with Crippen LogP contribution in [0.5, 0.6) is 0 Å². The molecule has 0 bridgehead atoms. The molecule has 18 heavy (non-hydrogen) atoms. The molecule has 0 heterocycles. The van der Waals surface area contributed by atoms with Crippen molar-refractivity contribution >= 4 is 20.1 Å². The molecule has 0 N–H and O–H groups in total. The van der Waals surface area contributed by atoms with Crippen molar-refractivity contribution in [3.8, 4) is 0 Å². The molecule has 100 valence electrons. The van der Waals surface area contributed by atoms with Gasteiger partial charge in [-0.2, -0.15) is 0 Å². The molecule has 0 unspecified atom stereocenters. The molecule has 1 aromatic rings. The molecule has 0 spiro atoms. The molecule has 1 nitrogen and oxygen atoms in total. The van der Waals surface area contributed by atoms with E-state index in [2.05, 4.69) is 57.4 Å². The molecular weight excluding hydrogens is 256 g/mol. The Morgan fingerprint density at radius 2 is 1.83 bits per heavy atom. The number of thioether (sulfide) groups is 1. The topological polar surface area (TPSA) is 9.23 Å². The van der Waals surface area contributed by atoms with Crippen LogP contribution in [-0.2, 0) is 4.43 Å². The second-order valence-corrected chi connectivity index (χ2v) is 11.1. The molecule has 1 rings (SSSR count). The van der Waals surface area contributed by atoms with E-state index in [1.165, 1.54) is 10.5 Å². The molecular formula is C15H24OSSi. The average molecular weight is 281 g/mol. The number of aryl methyl sites for hydroxylation is 1. The molecule has 0 aromatic heterocycles. The molecule has 0 aliphatic carbocycles. The van der Waals surface area contributed by atoms with Gasteiger partial charge in [-0.05, 0) is 50.9 Å². The van der Waals surface area contributed by atoms with E-state index in [1.54, 1.807) is 0 Å². The van der Waals surface area contributed by atoms with E-state index in [0.717, 1.165) is 24.4 Å². The lowest BCUT2D eigenvalue weighted by atomic mass is 10.2. The van der Waals surface area contributed by atoms with Crippen LogP contribution in [0.3, 0.4) is 0 Å². The second kappa shape index (κ2) is 7.05.